The van der Waals surface area contributed by atoms with Gasteiger partial charge in [-0.2, -0.15) is 0 Å². The summed E-state index contributed by atoms with van der Waals surface area (Å²) in [6.45, 7) is 4.42. The molecule has 2 rings (SSSR count). The zero-order valence-electron chi connectivity index (χ0n) is 8.84. The van der Waals surface area contributed by atoms with Crippen LogP contribution in [-0.2, 0) is 6.42 Å². The van der Waals surface area contributed by atoms with Gasteiger partial charge in [-0.05, 0) is 42.1 Å². The number of nitrogens with one attached hydrogen (secondary N) is 1. The number of rotatable bonds is 1. The second-order valence-electron chi connectivity index (χ2n) is 3.92. The van der Waals surface area contributed by atoms with E-state index in [1.807, 2.05) is 0 Å². The van der Waals surface area contributed by atoms with E-state index < -0.39 is 0 Å². The molecule has 0 aliphatic carbocycles. The van der Waals surface area contributed by atoms with E-state index in [1.54, 1.807) is 7.11 Å². The molecule has 1 N–H and O–H groups in total. The van der Waals surface area contributed by atoms with Gasteiger partial charge in [0.1, 0.15) is 5.75 Å². The first kappa shape index (κ1) is 9.53. The van der Waals surface area contributed by atoms with Gasteiger partial charge in [-0.3, -0.25) is 0 Å². The van der Waals surface area contributed by atoms with Crippen molar-refractivity contribution in [3.8, 4) is 5.75 Å². The topological polar surface area (TPSA) is 21.3 Å². The van der Waals surface area contributed by atoms with Crippen molar-refractivity contribution in [1.29, 1.82) is 0 Å². The zero-order valence-corrected chi connectivity index (χ0v) is 8.84. The van der Waals surface area contributed by atoms with E-state index in [-0.39, 0.29) is 0 Å². The van der Waals surface area contributed by atoms with E-state index in [0.29, 0.717) is 5.92 Å². The molecule has 1 aromatic rings. The molecule has 14 heavy (non-hydrogen) atoms. The quantitative estimate of drug-likeness (QED) is 0.732. The smallest absolute Gasteiger partial charge is 0.119 e. The Bertz CT molecular complexity index is 322. The number of benzene rings is 1. The summed E-state index contributed by atoms with van der Waals surface area (Å²) in [6.07, 6.45) is 1.13. The molecule has 0 fully saturated rings. The van der Waals surface area contributed by atoms with Crippen molar-refractivity contribution in [2.45, 2.75) is 19.3 Å². The molecule has 0 radical (unpaired) electrons. The third-order valence-corrected chi connectivity index (χ3v) is 2.91. The summed E-state index contributed by atoms with van der Waals surface area (Å²) < 4.78 is 5.25. The molecule has 1 aromatic carbocycles. The van der Waals surface area contributed by atoms with Gasteiger partial charge in [-0.1, -0.05) is 13.0 Å². The minimum Gasteiger partial charge on any atom is -0.497 e. The molecular weight excluding hydrogens is 174 g/mol. The fraction of sp³-hybridized carbons (Fsp3) is 0.500. The van der Waals surface area contributed by atoms with Crippen molar-refractivity contribution < 1.29 is 4.74 Å². The molecule has 0 bridgehead atoms. The Morgan fingerprint density at radius 1 is 1.43 bits per heavy atom. The lowest BCUT2D eigenvalue weighted by molar-refractivity contribution is 0.413. The van der Waals surface area contributed by atoms with E-state index in [9.17, 15) is 0 Å². The van der Waals surface area contributed by atoms with Crippen molar-refractivity contribution in [2.75, 3.05) is 20.2 Å². The third kappa shape index (κ3) is 1.75. The normalized spacial score (nSPS) is 21.1. The summed E-state index contributed by atoms with van der Waals surface area (Å²) in [4.78, 5) is 0. The molecular formula is C12H17NO. The highest BCUT2D eigenvalue weighted by atomic mass is 16.5. The number of fused-ring (bicyclic) bond motifs is 1. The average molecular weight is 191 g/mol. The minimum absolute atomic E-state index is 0.586. The molecule has 0 saturated heterocycles. The fourth-order valence-corrected chi connectivity index (χ4v) is 2.04. The van der Waals surface area contributed by atoms with Gasteiger partial charge >= 0.3 is 0 Å². The van der Waals surface area contributed by atoms with E-state index >= 15 is 0 Å². The molecule has 76 valence electrons. The number of ether oxygens (including phenoxy) is 1. The van der Waals surface area contributed by atoms with Gasteiger partial charge in [-0.25, -0.2) is 0 Å². The van der Waals surface area contributed by atoms with Gasteiger partial charge in [0, 0.05) is 6.54 Å². The predicted molar refractivity (Wildman–Crippen MR) is 58.0 cm³/mol. The molecule has 1 aliphatic heterocycles. The first-order valence-electron chi connectivity index (χ1n) is 5.19. The van der Waals surface area contributed by atoms with Crippen LogP contribution in [0.2, 0.25) is 0 Å². The van der Waals surface area contributed by atoms with Crippen LogP contribution in [0.1, 0.15) is 24.0 Å². The van der Waals surface area contributed by atoms with Crippen LogP contribution in [0.4, 0.5) is 0 Å². The third-order valence-electron chi connectivity index (χ3n) is 2.91. The highest BCUT2D eigenvalue weighted by molar-refractivity contribution is 5.38. The largest absolute Gasteiger partial charge is 0.497 e. The number of methoxy groups -OCH3 is 1. The SMILES string of the molecule is COc1ccc2c(c1)[C@@H](C)CNCC2. The first-order chi connectivity index (χ1) is 6.81. The lowest BCUT2D eigenvalue weighted by atomic mass is 9.95. The summed E-state index contributed by atoms with van der Waals surface area (Å²) >= 11 is 0. The maximum Gasteiger partial charge on any atom is 0.119 e. The summed E-state index contributed by atoms with van der Waals surface area (Å²) in [7, 11) is 1.72. The summed E-state index contributed by atoms with van der Waals surface area (Å²) in [5.41, 5.74) is 2.90. The maximum absolute atomic E-state index is 5.25. The van der Waals surface area contributed by atoms with Gasteiger partial charge in [-0.15, -0.1) is 0 Å². The molecule has 0 aromatic heterocycles. The van der Waals surface area contributed by atoms with Gasteiger partial charge in [0.2, 0.25) is 0 Å². The lowest BCUT2D eigenvalue weighted by Gasteiger charge is -2.13. The van der Waals surface area contributed by atoms with Crippen LogP contribution >= 0.6 is 0 Å². The van der Waals surface area contributed by atoms with Crippen molar-refractivity contribution in [2.24, 2.45) is 0 Å². The Labute approximate surface area is 85.3 Å². The molecule has 1 aliphatic rings. The fourth-order valence-electron chi connectivity index (χ4n) is 2.04. The van der Waals surface area contributed by atoms with Crippen molar-refractivity contribution in [1.82, 2.24) is 5.32 Å². The van der Waals surface area contributed by atoms with Gasteiger partial charge in [0.05, 0.1) is 7.11 Å². The van der Waals surface area contributed by atoms with Crippen LogP contribution in [0.15, 0.2) is 18.2 Å². The molecule has 2 nitrogen and oxygen atoms in total. The van der Waals surface area contributed by atoms with Crippen molar-refractivity contribution in [3.05, 3.63) is 29.3 Å². The average Bonchev–Trinajstić information content (AvgIpc) is 2.40. The monoisotopic (exact) mass is 191 g/mol. The molecule has 0 unspecified atom stereocenters. The van der Waals surface area contributed by atoms with Gasteiger partial charge in [0.25, 0.3) is 0 Å². The highest BCUT2D eigenvalue weighted by Gasteiger charge is 2.14. The summed E-state index contributed by atoms with van der Waals surface area (Å²) in [6, 6.07) is 6.42. The van der Waals surface area contributed by atoms with Crippen LogP contribution in [0.25, 0.3) is 0 Å². The summed E-state index contributed by atoms with van der Waals surface area (Å²) in [5.74, 6) is 1.56. The number of hydrogen-bond acceptors (Lipinski definition) is 2. The molecule has 1 heterocycles. The molecule has 0 saturated carbocycles. The standard InChI is InChI=1S/C12H17NO/c1-9-8-13-6-5-10-3-4-11(14-2)7-12(9)10/h3-4,7,9,13H,5-6,8H2,1-2H3/t9-/m0/s1. The molecule has 0 spiro atoms. The summed E-state index contributed by atoms with van der Waals surface area (Å²) in [5, 5.41) is 3.44. The Kier molecular flexibility index (Phi) is 2.73. The van der Waals surface area contributed by atoms with Crippen LogP contribution in [0.5, 0.6) is 5.75 Å². The Morgan fingerprint density at radius 3 is 3.07 bits per heavy atom. The first-order valence-corrected chi connectivity index (χ1v) is 5.19. The van der Waals surface area contributed by atoms with Crippen LogP contribution < -0.4 is 10.1 Å². The Balaban J connectivity index is 2.39. The van der Waals surface area contributed by atoms with Gasteiger partial charge < -0.3 is 10.1 Å². The molecule has 0 amide bonds. The van der Waals surface area contributed by atoms with E-state index in [4.69, 9.17) is 4.74 Å². The van der Waals surface area contributed by atoms with Gasteiger partial charge in [0.15, 0.2) is 0 Å². The lowest BCUT2D eigenvalue weighted by Crippen LogP contribution is -2.18. The van der Waals surface area contributed by atoms with Crippen LogP contribution in [-0.4, -0.2) is 20.2 Å². The second kappa shape index (κ2) is 4.01. The van der Waals surface area contributed by atoms with Crippen molar-refractivity contribution in [3.63, 3.8) is 0 Å². The predicted octanol–water partition coefficient (Wildman–Crippen LogP) is 1.94. The Morgan fingerprint density at radius 2 is 2.29 bits per heavy atom. The van der Waals surface area contributed by atoms with Crippen LogP contribution in [0.3, 0.4) is 0 Å². The van der Waals surface area contributed by atoms with E-state index in [1.165, 1.54) is 11.1 Å². The minimum atomic E-state index is 0.586. The Hall–Kier alpha value is -1.02. The maximum atomic E-state index is 5.25. The number of hydrogen-bond donors (Lipinski definition) is 1. The second-order valence-corrected chi connectivity index (χ2v) is 3.92. The van der Waals surface area contributed by atoms with E-state index in [2.05, 4.69) is 30.4 Å². The highest BCUT2D eigenvalue weighted by Crippen LogP contribution is 2.26. The molecule has 1 atom stereocenters. The van der Waals surface area contributed by atoms with Crippen molar-refractivity contribution >= 4 is 0 Å². The van der Waals surface area contributed by atoms with Crippen LogP contribution in [0, 0.1) is 0 Å². The molecule has 2 heteroatoms. The zero-order chi connectivity index (χ0) is 9.97. The van der Waals surface area contributed by atoms with E-state index in [0.717, 1.165) is 25.3 Å².